The second-order valence-corrected chi connectivity index (χ2v) is 3.46. The third kappa shape index (κ3) is 1.88. The summed E-state index contributed by atoms with van der Waals surface area (Å²) in [7, 11) is 1.75. The normalized spacial score (nSPS) is 10.4. The highest BCUT2D eigenvalue weighted by Crippen LogP contribution is 2.10. The zero-order valence-corrected chi connectivity index (χ0v) is 8.98. The van der Waals surface area contributed by atoms with Crippen LogP contribution in [0.2, 0.25) is 0 Å². The average molecular weight is 220 g/mol. The van der Waals surface area contributed by atoms with E-state index in [1.165, 1.54) is 6.07 Å². The Morgan fingerprint density at radius 1 is 1.56 bits per heavy atom. The number of carbonyl (C=O) groups is 1. The minimum Gasteiger partial charge on any atom is -0.382 e. The first kappa shape index (κ1) is 10.2. The van der Waals surface area contributed by atoms with Crippen molar-refractivity contribution in [1.82, 2.24) is 20.0 Å². The smallest absolute Gasteiger partial charge is 0.274 e. The summed E-state index contributed by atoms with van der Waals surface area (Å²) >= 11 is 0. The molecule has 2 aromatic heterocycles. The van der Waals surface area contributed by atoms with Gasteiger partial charge in [0, 0.05) is 19.2 Å². The van der Waals surface area contributed by atoms with Crippen molar-refractivity contribution >= 4 is 17.5 Å². The van der Waals surface area contributed by atoms with E-state index in [9.17, 15) is 4.79 Å². The molecule has 0 atom stereocenters. The molecule has 2 aromatic rings. The molecule has 0 bridgehead atoms. The number of nitrogens with two attached hydrogens (primary N) is 1. The number of H-pyrrole nitrogens is 1. The van der Waals surface area contributed by atoms with Crippen LogP contribution < -0.4 is 11.1 Å². The van der Waals surface area contributed by atoms with E-state index in [-0.39, 0.29) is 11.7 Å². The molecule has 4 N–H and O–H groups in total. The van der Waals surface area contributed by atoms with Crippen molar-refractivity contribution in [2.45, 2.75) is 6.92 Å². The van der Waals surface area contributed by atoms with Gasteiger partial charge in [0.25, 0.3) is 5.91 Å². The van der Waals surface area contributed by atoms with Crippen molar-refractivity contribution in [2.75, 3.05) is 11.1 Å². The summed E-state index contributed by atoms with van der Waals surface area (Å²) in [6, 6.07) is 3.25. The summed E-state index contributed by atoms with van der Waals surface area (Å²) in [5.74, 6) is 0.606. The van der Waals surface area contributed by atoms with Gasteiger partial charge in [0.1, 0.15) is 17.3 Å². The molecular formula is C9H12N6O. The third-order valence-electron chi connectivity index (χ3n) is 2.09. The molecule has 0 unspecified atom stereocenters. The molecule has 0 aliphatic carbocycles. The Balaban J connectivity index is 2.16. The van der Waals surface area contributed by atoms with Crippen molar-refractivity contribution in [2.24, 2.45) is 7.05 Å². The predicted octanol–water partition coefficient (Wildman–Crippen LogP) is 0.286. The molecule has 7 heteroatoms. The summed E-state index contributed by atoms with van der Waals surface area (Å²) in [6.45, 7) is 1.85. The van der Waals surface area contributed by atoms with E-state index in [4.69, 9.17) is 5.73 Å². The highest BCUT2D eigenvalue weighted by atomic mass is 16.2. The number of carbonyl (C=O) groups excluding carboxylic acids is 1. The Morgan fingerprint density at radius 3 is 2.81 bits per heavy atom. The molecule has 0 aliphatic rings. The Bertz CT molecular complexity index is 526. The molecule has 2 heterocycles. The summed E-state index contributed by atoms with van der Waals surface area (Å²) in [5.41, 5.74) is 6.56. The second kappa shape index (κ2) is 3.69. The number of nitrogens with zero attached hydrogens (tertiary/aromatic N) is 3. The van der Waals surface area contributed by atoms with Gasteiger partial charge in [0.05, 0.1) is 5.69 Å². The maximum atomic E-state index is 11.7. The van der Waals surface area contributed by atoms with Crippen LogP contribution in [0.25, 0.3) is 0 Å². The van der Waals surface area contributed by atoms with E-state index in [1.807, 2.05) is 6.92 Å². The number of aromatic amines is 1. The zero-order chi connectivity index (χ0) is 11.7. The lowest BCUT2D eigenvalue weighted by Gasteiger charge is -2.02. The minimum absolute atomic E-state index is 0.284. The van der Waals surface area contributed by atoms with Gasteiger partial charge >= 0.3 is 0 Å². The number of hydrogen-bond acceptors (Lipinski definition) is 4. The van der Waals surface area contributed by atoms with Gasteiger partial charge in [-0.25, -0.2) is 0 Å². The van der Waals surface area contributed by atoms with E-state index < -0.39 is 0 Å². The monoisotopic (exact) mass is 220 g/mol. The minimum atomic E-state index is -0.299. The molecule has 7 nitrogen and oxygen atoms in total. The number of nitrogens with one attached hydrogen (secondary N) is 2. The van der Waals surface area contributed by atoms with Crippen LogP contribution >= 0.6 is 0 Å². The molecule has 2 rings (SSSR count). The van der Waals surface area contributed by atoms with Crippen LogP contribution in [-0.4, -0.2) is 25.9 Å². The standard InChI is InChI=1S/C9H12N6O/c1-5-3-8(15(2)14-5)11-9(16)6-4-7(10)13-12-6/h3-4H,1-2H3,(H,11,16)(H3,10,12,13). The van der Waals surface area contributed by atoms with Gasteiger partial charge in [0.15, 0.2) is 0 Å². The van der Waals surface area contributed by atoms with E-state index in [1.54, 1.807) is 17.8 Å². The summed E-state index contributed by atoms with van der Waals surface area (Å²) < 4.78 is 1.59. The molecule has 0 spiro atoms. The van der Waals surface area contributed by atoms with Gasteiger partial charge in [0.2, 0.25) is 0 Å². The van der Waals surface area contributed by atoms with Crippen molar-refractivity contribution in [3.63, 3.8) is 0 Å². The Hall–Kier alpha value is -2.31. The highest BCUT2D eigenvalue weighted by molar-refractivity contribution is 6.02. The summed E-state index contributed by atoms with van der Waals surface area (Å²) in [4.78, 5) is 11.7. The molecule has 16 heavy (non-hydrogen) atoms. The van der Waals surface area contributed by atoms with Crippen LogP contribution in [0.1, 0.15) is 16.2 Å². The third-order valence-corrected chi connectivity index (χ3v) is 2.09. The summed E-state index contributed by atoms with van der Waals surface area (Å²) in [5, 5.41) is 13.0. The molecule has 0 aliphatic heterocycles. The van der Waals surface area contributed by atoms with Crippen molar-refractivity contribution in [3.05, 3.63) is 23.5 Å². The number of aromatic nitrogens is 4. The molecule has 0 saturated carbocycles. The van der Waals surface area contributed by atoms with Gasteiger partial charge < -0.3 is 11.1 Å². The number of anilines is 2. The molecule has 1 amide bonds. The maximum Gasteiger partial charge on any atom is 0.274 e. The topological polar surface area (TPSA) is 102 Å². The van der Waals surface area contributed by atoms with Crippen molar-refractivity contribution < 1.29 is 4.79 Å². The fourth-order valence-corrected chi connectivity index (χ4v) is 1.36. The molecule has 0 saturated heterocycles. The Labute approximate surface area is 91.6 Å². The van der Waals surface area contributed by atoms with Gasteiger partial charge in [-0.1, -0.05) is 0 Å². The largest absolute Gasteiger partial charge is 0.382 e. The van der Waals surface area contributed by atoms with Crippen molar-refractivity contribution in [3.8, 4) is 0 Å². The van der Waals surface area contributed by atoms with E-state index in [2.05, 4.69) is 20.6 Å². The lowest BCUT2D eigenvalue weighted by atomic mass is 10.4. The molecule has 0 aromatic carbocycles. The van der Waals surface area contributed by atoms with Crippen LogP contribution in [-0.2, 0) is 7.05 Å². The molecule has 0 radical (unpaired) electrons. The Kier molecular flexibility index (Phi) is 2.35. The predicted molar refractivity (Wildman–Crippen MR) is 58.9 cm³/mol. The molecule has 0 fully saturated rings. The summed E-state index contributed by atoms with van der Waals surface area (Å²) in [6.07, 6.45) is 0. The van der Waals surface area contributed by atoms with Gasteiger partial charge in [-0.3, -0.25) is 14.6 Å². The zero-order valence-electron chi connectivity index (χ0n) is 8.98. The first-order valence-corrected chi connectivity index (χ1v) is 4.69. The Morgan fingerprint density at radius 2 is 2.31 bits per heavy atom. The van der Waals surface area contributed by atoms with E-state index >= 15 is 0 Å². The first-order valence-electron chi connectivity index (χ1n) is 4.69. The second-order valence-electron chi connectivity index (χ2n) is 3.46. The lowest BCUT2D eigenvalue weighted by molar-refractivity contribution is 0.102. The first-order chi connectivity index (χ1) is 7.56. The number of aryl methyl sites for hydroxylation is 2. The highest BCUT2D eigenvalue weighted by Gasteiger charge is 2.11. The van der Waals surface area contributed by atoms with E-state index in [0.717, 1.165) is 5.69 Å². The molecule has 84 valence electrons. The van der Waals surface area contributed by atoms with Gasteiger partial charge in [-0.15, -0.1) is 0 Å². The van der Waals surface area contributed by atoms with Crippen LogP contribution in [0.4, 0.5) is 11.6 Å². The quantitative estimate of drug-likeness (QED) is 0.676. The maximum absolute atomic E-state index is 11.7. The van der Waals surface area contributed by atoms with Gasteiger partial charge in [-0.2, -0.15) is 10.2 Å². The number of rotatable bonds is 2. The number of amides is 1. The number of hydrogen-bond donors (Lipinski definition) is 3. The number of nitrogen functional groups attached to an aromatic ring is 1. The fourth-order valence-electron chi connectivity index (χ4n) is 1.36. The lowest BCUT2D eigenvalue weighted by Crippen LogP contribution is -2.14. The van der Waals surface area contributed by atoms with Crippen LogP contribution in [0.5, 0.6) is 0 Å². The average Bonchev–Trinajstić information content (AvgIpc) is 2.74. The fraction of sp³-hybridized carbons (Fsp3) is 0.222. The van der Waals surface area contributed by atoms with E-state index in [0.29, 0.717) is 11.5 Å². The van der Waals surface area contributed by atoms with Crippen LogP contribution in [0.15, 0.2) is 12.1 Å². The van der Waals surface area contributed by atoms with Crippen molar-refractivity contribution in [1.29, 1.82) is 0 Å². The van der Waals surface area contributed by atoms with Crippen LogP contribution in [0.3, 0.4) is 0 Å². The SMILES string of the molecule is Cc1cc(NC(=O)c2cc(N)n[nH]2)n(C)n1. The van der Waals surface area contributed by atoms with Gasteiger partial charge in [-0.05, 0) is 6.92 Å². The van der Waals surface area contributed by atoms with Crippen LogP contribution in [0, 0.1) is 6.92 Å². The molecular weight excluding hydrogens is 208 g/mol.